The molecule has 2 aliphatic heterocycles. The maximum atomic E-state index is 13.1. The van der Waals surface area contributed by atoms with Crippen LogP contribution in [0.1, 0.15) is 6.42 Å². The third kappa shape index (κ3) is 8.04. The molecule has 0 radical (unpaired) electrons. The Kier molecular flexibility index (Phi) is 12.4. The van der Waals surface area contributed by atoms with Crippen LogP contribution in [0.25, 0.3) is 0 Å². The van der Waals surface area contributed by atoms with Gasteiger partial charge in [0.2, 0.25) is 0 Å². The summed E-state index contributed by atoms with van der Waals surface area (Å²) < 4.78 is -0.319. The maximum absolute atomic E-state index is 13.1. The van der Waals surface area contributed by atoms with Gasteiger partial charge in [0.15, 0.2) is 0 Å². The number of carboxylic acid groups (broad SMARTS) is 4. The highest BCUT2D eigenvalue weighted by Gasteiger charge is 2.69. The third-order valence-electron chi connectivity index (χ3n) is 7.79. The van der Waals surface area contributed by atoms with Crippen molar-refractivity contribution in [2.45, 2.75) is 18.2 Å². The summed E-state index contributed by atoms with van der Waals surface area (Å²) in [5, 5.41) is 69.7. The monoisotopic (exact) mass is 564 g/mol. The molecule has 1 unspecified atom stereocenters. The Labute approximate surface area is 226 Å². The number of aliphatic carboxylic acids is 4. The molecule has 2 atom stereocenters. The van der Waals surface area contributed by atoms with E-state index in [-0.39, 0.29) is 103 Å². The van der Waals surface area contributed by atoms with Crippen molar-refractivity contribution < 1.29 is 59.4 Å². The van der Waals surface area contributed by atoms with Crippen LogP contribution < -0.4 is 0 Å². The van der Waals surface area contributed by atoms with E-state index in [0.717, 1.165) is 0 Å². The minimum absolute atomic E-state index is 0.0205. The van der Waals surface area contributed by atoms with E-state index in [0.29, 0.717) is 0 Å². The van der Waals surface area contributed by atoms with Crippen LogP contribution >= 0.6 is 0 Å². The van der Waals surface area contributed by atoms with Crippen molar-refractivity contribution in [3.8, 4) is 0 Å². The molecule has 2 rings (SSSR count). The second-order valence-electron chi connectivity index (χ2n) is 10.1. The van der Waals surface area contributed by atoms with Gasteiger partial charge >= 0.3 is 23.9 Å². The number of aliphatic hydroxyl groups is 3. The lowest BCUT2D eigenvalue weighted by atomic mass is 9.98. The number of hydrogen-bond donors (Lipinski definition) is 7. The maximum Gasteiger partial charge on any atom is 0.385 e. The minimum atomic E-state index is -1.98. The van der Waals surface area contributed by atoms with Crippen LogP contribution in [-0.2, 0) is 19.2 Å². The first-order valence-electron chi connectivity index (χ1n) is 13.0. The van der Waals surface area contributed by atoms with Gasteiger partial charge in [-0.15, -0.1) is 0 Å². The number of quaternary nitrogens is 1. The summed E-state index contributed by atoms with van der Waals surface area (Å²) in [6.07, 6.45) is -1.29. The molecule has 0 aromatic rings. The van der Waals surface area contributed by atoms with Gasteiger partial charge in [0.05, 0.1) is 39.4 Å². The van der Waals surface area contributed by atoms with Gasteiger partial charge in [-0.05, 0) is 0 Å². The number of aliphatic hydroxyl groups excluding tert-OH is 3. The summed E-state index contributed by atoms with van der Waals surface area (Å²) in [6, 6.07) is 0. The van der Waals surface area contributed by atoms with Crippen molar-refractivity contribution in [3.05, 3.63) is 0 Å². The average Bonchev–Trinajstić information content (AvgIpc) is 3.11. The topological polar surface area (TPSA) is 223 Å². The highest BCUT2D eigenvalue weighted by molar-refractivity contribution is 5.78. The zero-order valence-electron chi connectivity index (χ0n) is 22.1. The molecule has 2 heterocycles. The number of likely N-dealkylation sites (tertiary alicyclic amines) is 1. The van der Waals surface area contributed by atoms with Crippen LogP contribution in [0.4, 0.5) is 0 Å². The van der Waals surface area contributed by atoms with Crippen molar-refractivity contribution in [3.63, 3.8) is 0 Å². The first-order chi connectivity index (χ1) is 18.4. The Hall–Kier alpha value is -2.44. The molecule has 0 amide bonds. The van der Waals surface area contributed by atoms with E-state index in [2.05, 4.69) is 0 Å². The Morgan fingerprint density at radius 3 is 1.33 bits per heavy atom. The summed E-state index contributed by atoms with van der Waals surface area (Å²) >= 11 is 0. The lowest BCUT2D eigenvalue weighted by molar-refractivity contribution is -0.969. The van der Waals surface area contributed by atoms with Gasteiger partial charge in [0.25, 0.3) is 5.66 Å². The molecule has 39 heavy (non-hydrogen) atoms. The number of carbonyl (C=O) groups is 4. The van der Waals surface area contributed by atoms with Gasteiger partial charge in [0.1, 0.15) is 19.2 Å². The van der Waals surface area contributed by atoms with Crippen LogP contribution in [0, 0.1) is 0 Å². The number of hydrogen-bond acceptors (Lipinski definition) is 11. The van der Waals surface area contributed by atoms with Crippen molar-refractivity contribution >= 4 is 23.9 Å². The molecule has 0 bridgehead atoms. The lowest BCUT2D eigenvalue weighted by Crippen LogP contribution is -2.78. The number of nitrogens with zero attached hydrogens (tertiary/aromatic N) is 5. The lowest BCUT2D eigenvalue weighted by Gasteiger charge is -2.52. The van der Waals surface area contributed by atoms with E-state index >= 15 is 0 Å². The van der Waals surface area contributed by atoms with Crippen molar-refractivity contribution in [2.75, 3.05) is 105 Å². The molecular weight excluding hydrogens is 522 g/mol. The summed E-state index contributed by atoms with van der Waals surface area (Å²) in [6.45, 7) is -1.04. The van der Waals surface area contributed by atoms with E-state index in [1.807, 2.05) is 0 Å². The minimum Gasteiger partial charge on any atom is -0.480 e. The Morgan fingerprint density at radius 2 is 1.03 bits per heavy atom. The largest absolute Gasteiger partial charge is 0.480 e. The summed E-state index contributed by atoms with van der Waals surface area (Å²) in [5.74, 6) is -4.68. The highest BCUT2D eigenvalue weighted by atomic mass is 16.4. The highest BCUT2D eigenvalue weighted by Crippen LogP contribution is 2.40. The fourth-order valence-electron chi connectivity index (χ4n) is 6.03. The van der Waals surface area contributed by atoms with Crippen molar-refractivity contribution in [1.29, 1.82) is 0 Å². The fraction of sp³-hybridized carbons (Fsp3) is 0.826. The molecule has 0 spiro atoms. The SMILES string of the molecule is O=C(O)CN1CCN(CC(=O)O)CCN([C@@]2(C(=O)O)C(O)CC[N+]2(CCO)CCO)CCN(CC(=O)O)CC1. The molecule has 0 aromatic carbocycles. The smallest absolute Gasteiger partial charge is 0.385 e. The van der Waals surface area contributed by atoms with E-state index in [4.69, 9.17) is 0 Å². The molecule has 2 saturated heterocycles. The van der Waals surface area contributed by atoms with Crippen molar-refractivity contribution in [2.24, 2.45) is 0 Å². The summed E-state index contributed by atoms with van der Waals surface area (Å²) in [4.78, 5) is 53.8. The summed E-state index contributed by atoms with van der Waals surface area (Å²) in [5.41, 5.74) is -1.98. The van der Waals surface area contributed by atoms with Gasteiger partial charge in [-0.1, -0.05) is 0 Å². The van der Waals surface area contributed by atoms with Gasteiger partial charge < -0.3 is 35.7 Å². The molecule has 2 aliphatic rings. The first kappa shape index (κ1) is 32.8. The quantitative estimate of drug-likeness (QED) is 0.112. The third-order valence-corrected chi connectivity index (χ3v) is 7.79. The zero-order valence-corrected chi connectivity index (χ0v) is 22.1. The Bertz CT molecular complexity index is 819. The predicted octanol–water partition coefficient (Wildman–Crippen LogP) is -4.19. The van der Waals surface area contributed by atoms with E-state index < -0.39 is 48.9 Å². The number of carboxylic acids is 4. The van der Waals surface area contributed by atoms with Gasteiger partial charge in [-0.2, -0.15) is 0 Å². The van der Waals surface area contributed by atoms with Crippen LogP contribution in [0.15, 0.2) is 0 Å². The van der Waals surface area contributed by atoms with Crippen molar-refractivity contribution in [1.82, 2.24) is 19.6 Å². The van der Waals surface area contributed by atoms with E-state index in [1.165, 1.54) is 4.90 Å². The molecule has 224 valence electrons. The molecule has 2 fully saturated rings. The van der Waals surface area contributed by atoms with Crippen LogP contribution in [0.3, 0.4) is 0 Å². The average molecular weight is 565 g/mol. The molecule has 0 aliphatic carbocycles. The normalized spacial score (nSPS) is 26.5. The number of rotatable bonds is 12. The van der Waals surface area contributed by atoms with Gasteiger partial charge in [0, 0.05) is 58.8 Å². The summed E-state index contributed by atoms with van der Waals surface area (Å²) in [7, 11) is 0. The molecule has 0 saturated carbocycles. The molecular formula is C23H42N5O11+. The van der Waals surface area contributed by atoms with Crippen LogP contribution in [0.2, 0.25) is 0 Å². The molecule has 16 heteroatoms. The predicted molar refractivity (Wildman–Crippen MR) is 134 cm³/mol. The first-order valence-corrected chi connectivity index (χ1v) is 13.0. The standard InChI is InChI=1S/C23H41N5O11/c29-13-11-28(12-14-30)10-1-18(31)23(28,22(38)39)27-8-6-25(16-20(34)35)4-2-24(15-19(32)33)3-5-26(7-9-27)17-21(36)37/h18,29-31H,1-17H2,(H3-,32,33,34,35,36,37,38,39)/p+1/t18?,23-/m0/s1. The Balaban J connectivity index is 2.53. The molecule has 7 N–H and O–H groups in total. The second kappa shape index (κ2) is 14.8. The van der Waals surface area contributed by atoms with Crippen LogP contribution in [-0.4, -0.2) is 200 Å². The van der Waals surface area contributed by atoms with E-state index in [9.17, 15) is 54.9 Å². The Morgan fingerprint density at radius 1 is 0.667 bits per heavy atom. The molecule has 16 nitrogen and oxygen atoms in total. The van der Waals surface area contributed by atoms with Gasteiger partial charge in [-0.3, -0.25) is 33.6 Å². The van der Waals surface area contributed by atoms with E-state index in [1.54, 1.807) is 14.7 Å². The zero-order chi connectivity index (χ0) is 29.2. The molecule has 0 aromatic heterocycles. The van der Waals surface area contributed by atoms with Crippen LogP contribution in [0.5, 0.6) is 0 Å². The second-order valence-corrected chi connectivity index (χ2v) is 10.1. The fourth-order valence-corrected chi connectivity index (χ4v) is 6.03. The van der Waals surface area contributed by atoms with Gasteiger partial charge in [-0.25, -0.2) is 9.69 Å².